The van der Waals surface area contributed by atoms with Gasteiger partial charge in [-0.05, 0) is 30.9 Å². The fraction of sp³-hybridized carbons (Fsp3) is 0.636. The second-order valence-corrected chi connectivity index (χ2v) is 5.09. The Labute approximate surface area is 85.0 Å². The lowest BCUT2D eigenvalue weighted by atomic mass is 10.0. The van der Waals surface area contributed by atoms with Gasteiger partial charge in [0.05, 0.1) is 0 Å². The molecule has 1 aromatic rings. The van der Waals surface area contributed by atoms with Gasteiger partial charge in [0.25, 0.3) is 0 Å². The summed E-state index contributed by atoms with van der Waals surface area (Å²) in [6.45, 7) is 6.62. The average Bonchev–Trinajstić information content (AvgIpc) is 2.50. The van der Waals surface area contributed by atoms with Crippen LogP contribution in [0.5, 0.6) is 0 Å². The van der Waals surface area contributed by atoms with E-state index in [2.05, 4.69) is 32.9 Å². The molecule has 0 saturated heterocycles. The second kappa shape index (κ2) is 4.77. The zero-order chi connectivity index (χ0) is 9.84. The van der Waals surface area contributed by atoms with E-state index in [1.54, 1.807) is 0 Å². The first kappa shape index (κ1) is 10.7. The van der Waals surface area contributed by atoms with Gasteiger partial charge in [-0.3, -0.25) is 0 Å². The molecule has 2 N–H and O–H groups in total. The third-order valence-corrected chi connectivity index (χ3v) is 3.48. The van der Waals surface area contributed by atoms with Crippen LogP contribution in [0.2, 0.25) is 0 Å². The van der Waals surface area contributed by atoms with Gasteiger partial charge < -0.3 is 5.73 Å². The lowest BCUT2D eigenvalue weighted by Crippen LogP contribution is -2.11. The van der Waals surface area contributed by atoms with Gasteiger partial charge in [0.2, 0.25) is 0 Å². The maximum Gasteiger partial charge on any atom is 0.0392 e. The van der Waals surface area contributed by atoms with Crippen molar-refractivity contribution in [2.75, 3.05) is 0 Å². The number of thiophene rings is 1. The van der Waals surface area contributed by atoms with Gasteiger partial charge in [0.15, 0.2) is 0 Å². The van der Waals surface area contributed by atoms with Crippen molar-refractivity contribution >= 4 is 11.3 Å². The first-order valence-electron chi connectivity index (χ1n) is 4.97. The molecule has 0 radical (unpaired) electrons. The number of nitrogens with two attached hydrogens (primary N) is 1. The molecule has 0 unspecified atom stereocenters. The van der Waals surface area contributed by atoms with Crippen molar-refractivity contribution in [1.29, 1.82) is 0 Å². The number of hydrogen-bond acceptors (Lipinski definition) is 2. The van der Waals surface area contributed by atoms with Crippen LogP contribution < -0.4 is 5.73 Å². The minimum atomic E-state index is 0.241. The lowest BCUT2D eigenvalue weighted by molar-refractivity contribution is 0.515. The molecule has 1 aromatic heterocycles. The Hall–Kier alpha value is -0.340. The molecular formula is C11H19NS. The van der Waals surface area contributed by atoms with Crippen molar-refractivity contribution in [3.63, 3.8) is 0 Å². The molecule has 74 valence electrons. The minimum absolute atomic E-state index is 0.241. The predicted octanol–water partition coefficient (Wildman–Crippen LogP) is 3.36. The monoisotopic (exact) mass is 197 g/mol. The van der Waals surface area contributed by atoms with Crippen molar-refractivity contribution in [2.45, 2.75) is 39.7 Å². The molecule has 0 spiro atoms. The molecule has 13 heavy (non-hydrogen) atoms. The topological polar surface area (TPSA) is 26.0 Å². The maximum absolute atomic E-state index is 6.07. The Balaban J connectivity index is 2.60. The van der Waals surface area contributed by atoms with E-state index in [9.17, 15) is 0 Å². The van der Waals surface area contributed by atoms with Crippen molar-refractivity contribution in [2.24, 2.45) is 11.7 Å². The third-order valence-electron chi connectivity index (χ3n) is 2.12. The zero-order valence-electron chi connectivity index (χ0n) is 8.71. The number of rotatable bonds is 4. The van der Waals surface area contributed by atoms with E-state index in [4.69, 9.17) is 5.73 Å². The number of hydrogen-bond donors (Lipinski definition) is 1. The summed E-state index contributed by atoms with van der Waals surface area (Å²) < 4.78 is 0. The summed E-state index contributed by atoms with van der Waals surface area (Å²) in [5.74, 6) is 0.683. The Morgan fingerprint density at radius 3 is 2.54 bits per heavy atom. The van der Waals surface area contributed by atoms with Gasteiger partial charge in [0.1, 0.15) is 0 Å². The SMILES string of the molecule is CCc1ccc([C@H](N)CC(C)C)s1. The summed E-state index contributed by atoms with van der Waals surface area (Å²) >= 11 is 1.86. The highest BCUT2D eigenvalue weighted by Gasteiger charge is 2.10. The highest BCUT2D eigenvalue weighted by Crippen LogP contribution is 2.26. The van der Waals surface area contributed by atoms with Gasteiger partial charge in [-0.15, -0.1) is 11.3 Å². The molecule has 0 aliphatic heterocycles. The van der Waals surface area contributed by atoms with Crippen LogP contribution in [0.1, 0.15) is 43.0 Å². The molecule has 1 rings (SSSR count). The Morgan fingerprint density at radius 2 is 2.08 bits per heavy atom. The van der Waals surface area contributed by atoms with Crippen LogP contribution >= 0.6 is 11.3 Å². The van der Waals surface area contributed by atoms with E-state index in [1.165, 1.54) is 9.75 Å². The van der Waals surface area contributed by atoms with Gasteiger partial charge >= 0.3 is 0 Å². The van der Waals surface area contributed by atoms with E-state index in [0.29, 0.717) is 5.92 Å². The zero-order valence-corrected chi connectivity index (χ0v) is 9.53. The molecule has 0 amide bonds. The quantitative estimate of drug-likeness (QED) is 0.787. The summed E-state index contributed by atoms with van der Waals surface area (Å²) in [5, 5.41) is 0. The van der Waals surface area contributed by atoms with E-state index in [0.717, 1.165) is 12.8 Å². The van der Waals surface area contributed by atoms with Gasteiger partial charge in [-0.25, -0.2) is 0 Å². The van der Waals surface area contributed by atoms with Crippen LogP contribution in [0.3, 0.4) is 0 Å². The van der Waals surface area contributed by atoms with E-state index >= 15 is 0 Å². The molecule has 1 atom stereocenters. The molecule has 0 saturated carbocycles. The van der Waals surface area contributed by atoms with Crippen LogP contribution in [-0.2, 0) is 6.42 Å². The highest BCUT2D eigenvalue weighted by molar-refractivity contribution is 7.12. The minimum Gasteiger partial charge on any atom is -0.323 e. The van der Waals surface area contributed by atoms with E-state index in [1.807, 2.05) is 11.3 Å². The second-order valence-electron chi connectivity index (χ2n) is 3.89. The largest absolute Gasteiger partial charge is 0.323 e. The number of aryl methyl sites for hydroxylation is 1. The summed E-state index contributed by atoms with van der Waals surface area (Å²) in [4.78, 5) is 2.78. The Bertz CT molecular complexity index is 252. The first-order valence-corrected chi connectivity index (χ1v) is 5.79. The van der Waals surface area contributed by atoms with Crippen molar-refractivity contribution in [3.8, 4) is 0 Å². The van der Waals surface area contributed by atoms with Gasteiger partial charge in [0, 0.05) is 15.8 Å². The molecule has 1 heterocycles. The maximum atomic E-state index is 6.07. The molecule has 0 aromatic carbocycles. The summed E-state index contributed by atoms with van der Waals surface area (Å²) in [6.07, 6.45) is 2.21. The highest BCUT2D eigenvalue weighted by atomic mass is 32.1. The average molecular weight is 197 g/mol. The summed E-state index contributed by atoms with van der Waals surface area (Å²) in [7, 11) is 0. The van der Waals surface area contributed by atoms with Crippen molar-refractivity contribution < 1.29 is 0 Å². The van der Waals surface area contributed by atoms with Crippen molar-refractivity contribution in [1.82, 2.24) is 0 Å². The Morgan fingerprint density at radius 1 is 1.38 bits per heavy atom. The fourth-order valence-corrected chi connectivity index (χ4v) is 2.37. The lowest BCUT2D eigenvalue weighted by Gasteiger charge is -2.11. The van der Waals surface area contributed by atoms with Crippen LogP contribution in [0.4, 0.5) is 0 Å². The van der Waals surface area contributed by atoms with Gasteiger partial charge in [-0.2, -0.15) is 0 Å². The van der Waals surface area contributed by atoms with Crippen LogP contribution in [0.15, 0.2) is 12.1 Å². The van der Waals surface area contributed by atoms with E-state index in [-0.39, 0.29) is 6.04 Å². The summed E-state index contributed by atoms with van der Waals surface area (Å²) in [6, 6.07) is 4.61. The molecular weight excluding hydrogens is 178 g/mol. The molecule has 0 fully saturated rings. The normalized spacial score (nSPS) is 13.6. The molecule has 0 aliphatic carbocycles. The van der Waals surface area contributed by atoms with Crippen LogP contribution in [0, 0.1) is 5.92 Å². The van der Waals surface area contributed by atoms with E-state index < -0.39 is 0 Å². The van der Waals surface area contributed by atoms with Crippen molar-refractivity contribution in [3.05, 3.63) is 21.9 Å². The third kappa shape index (κ3) is 3.12. The standard InChI is InChI=1S/C11H19NS/c1-4-9-5-6-11(13-9)10(12)7-8(2)3/h5-6,8,10H,4,7,12H2,1-3H3/t10-/m1/s1. The fourth-order valence-electron chi connectivity index (χ4n) is 1.41. The van der Waals surface area contributed by atoms with Crippen LogP contribution in [-0.4, -0.2) is 0 Å². The van der Waals surface area contributed by atoms with Gasteiger partial charge in [-0.1, -0.05) is 20.8 Å². The predicted molar refractivity (Wildman–Crippen MR) is 60.1 cm³/mol. The molecule has 0 bridgehead atoms. The smallest absolute Gasteiger partial charge is 0.0392 e. The molecule has 0 aliphatic rings. The molecule has 2 heteroatoms. The van der Waals surface area contributed by atoms with Crippen LogP contribution in [0.25, 0.3) is 0 Å². The Kier molecular flexibility index (Phi) is 3.94. The summed E-state index contributed by atoms with van der Waals surface area (Å²) in [5.41, 5.74) is 6.07. The molecule has 1 nitrogen and oxygen atoms in total. The first-order chi connectivity index (χ1) is 6.13.